The topological polar surface area (TPSA) is 108 Å². The van der Waals surface area contributed by atoms with Crippen LogP contribution in [0.3, 0.4) is 0 Å². The summed E-state index contributed by atoms with van der Waals surface area (Å²) in [7, 11) is -2.17. The summed E-state index contributed by atoms with van der Waals surface area (Å²) >= 11 is 0. The fraction of sp³-hybridized carbons (Fsp3) is 0. The Labute approximate surface area is 46.2 Å². The van der Waals surface area contributed by atoms with E-state index in [4.69, 9.17) is 25.6 Å². The summed E-state index contributed by atoms with van der Waals surface area (Å²) in [6.07, 6.45) is 0. The van der Waals surface area contributed by atoms with Crippen molar-refractivity contribution in [2.24, 2.45) is 0 Å². The minimum absolute atomic E-state index is 1.24. The van der Waals surface area contributed by atoms with Gasteiger partial charge in [-0.15, -0.1) is 0 Å². The predicted molar refractivity (Wildman–Crippen MR) is 23.6 cm³/mol. The molecule has 0 aliphatic carbocycles. The summed E-state index contributed by atoms with van der Waals surface area (Å²) in [6.45, 7) is 0. The maximum Gasteiger partial charge on any atom is 0.631 e. The fourth-order valence-electron chi connectivity index (χ4n) is 0. The summed E-state index contributed by atoms with van der Waals surface area (Å²) in [5.41, 5.74) is 0. The van der Waals surface area contributed by atoms with Crippen LogP contribution >= 0.6 is 0 Å². The van der Waals surface area contributed by atoms with E-state index in [-0.39, 0.29) is 0 Å². The number of nitriles is 2. The lowest BCUT2D eigenvalue weighted by Gasteiger charge is -1.69. The summed E-state index contributed by atoms with van der Waals surface area (Å²) in [5, 5.41) is 36.0. The SMILES string of the molecule is N#CC#N.OB(O)O. The highest BCUT2D eigenvalue weighted by atomic mass is 16.5. The maximum absolute atomic E-state index is 7.26. The van der Waals surface area contributed by atoms with Gasteiger partial charge in [0.2, 0.25) is 0 Å². The van der Waals surface area contributed by atoms with Crippen molar-refractivity contribution >= 4 is 7.32 Å². The molecule has 0 bridgehead atoms. The van der Waals surface area contributed by atoms with Gasteiger partial charge in [-0.1, -0.05) is 0 Å². The molecule has 0 aromatic rings. The van der Waals surface area contributed by atoms with Gasteiger partial charge in [0.1, 0.15) is 0 Å². The van der Waals surface area contributed by atoms with Gasteiger partial charge < -0.3 is 15.1 Å². The van der Waals surface area contributed by atoms with Gasteiger partial charge in [0.05, 0.1) is 0 Å². The molecular formula is C2H3BN2O3. The maximum atomic E-state index is 7.26. The van der Waals surface area contributed by atoms with Crippen molar-refractivity contribution in [3.05, 3.63) is 0 Å². The molecule has 0 aromatic heterocycles. The van der Waals surface area contributed by atoms with Gasteiger partial charge in [-0.2, -0.15) is 10.5 Å². The van der Waals surface area contributed by atoms with Crippen LogP contribution in [0.1, 0.15) is 0 Å². The zero-order valence-electron chi connectivity index (χ0n) is 3.81. The molecular weight excluding hydrogens is 111 g/mol. The molecule has 3 N–H and O–H groups in total. The van der Waals surface area contributed by atoms with Crippen LogP contribution in [0.25, 0.3) is 0 Å². The Balaban J connectivity index is 0. The van der Waals surface area contributed by atoms with Gasteiger partial charge in [0.15, 0.2) is 12.1 Å². The fourth-order valence-corrected chi connectivity index (χ4v) is 0. The van der Waals surface area contributed by atoms with Crippen molar-refractivity contribution in [3.63, 3.8) is 0 Å². The Morgan fingerprint density at radius 2 is 1.12 bits per heavy atom. The predicted octanol–water partition coefficient (Wildman–Crippen LogP) is -2.02. The molecule has 0 spiro atoms. The minimum Gasteiger partial charge on any atom is -0.402 e. The molecule has 0 heterocycles. The van der Waals surface area contributed by atoms with Crippen molar-refractivity contribution < 1.29 is 15.1 Å². The second kappa shape index (κ2) is 9.33. The molecule has 0 aliphatic rings. The summed E-state index contributed by atoms with van der Waals surface area (Å²) in [5.74, 6) is 0. The van der Waals surface area contributed by atoms with Crippen molar-refractivity contribution in [1.29, 1.82) is 10.5 Å². The molecule has 8 heavy (non-hydrogen) atoms. The first kappa shape index (κ1) is 10.0. The van der Waals surface area contributed by atoms with Crippen molar-refractivity contribution in [2.75, 3.05) is 0 Å². The highest BCUT2D eigenvalue weighted by Crippen LogP contribution is 1.40. The lowest BCUT2D eigenvalue weighted by Crippen LogP contribution is -2.07. The number of hydrogen-bond acceptors (Lipinski definition) is 5. The van der Waals surface area contributed by atoms with E-state index < -0.39 is 7.32 Å². The molecule has 0 saturated heterocycles. The average molecular weight is 114 g/mol. The Kier molecular flexibility index (Phi) is 11.7. The quantitative estimate of drug-likeness (QED) is 0.315. The van der Waals surface area contributed by atoms with E-state index in [1.807, 2.05) is 0 Å². The Morgan fingerprint density at radius 1 is 1.00 bits per heavy atom. The molecule has 0 fully saturated rings. The average Bonchev–Trinajstić information content (AvgIpc) is 1.65. The molecule has 0 saturated carbocycles. The van der Waals surface area contributed by atoms with E-state index in [0.717, 1.165) is 0 Å². The van der Waals surface area contributed by atoms with Crippen LogP contribution in [0.4, 0.5) is 0 Å². The molecule has 0 atom stereocenters. The lowest BCUT2D eigenvalue weighted by molar-refractivity contribution is 0.278. The molecule has 0 radical (unpaired) electrons. The van der Waals surface area contributed by atoms with Crippen LogP contribution in [0.15, 0.2) is 0 Å². The monoisotopic (exact) mass is 114 g/mol. The van der Waals surface area contributed by atoms with Crippen LogP contribution in [0.2, 0.25) is 0 Å². The van der Waals surface area contributed by atoms with Crippen LogP contribution in [0.5, 0.6) is 0 Å². The summed E-state index contributed by atoms with van der Waals surface area (Å²) in [6, 6.07) is 2.47. The third kappa shape index (κ3) is 13500. The molecule has 0 aromatic carbocycles. The standard InChI is InChI=1S/C2N2.BH3O3/c3-1-2-4;2-1(3)4/h;2-4H. The molecule has 0 aliphatic heterocycles. The van der Waals surface area contributed by atoms with Crippen LogP contribution < -0.4 is 0 Å². The summed E-state index contributed by atoms with van der Waals surface area (Å²) < 4.78 is 0. The Bertz CT molecular complexity index is 96.7. The normalized spacial score (nSPS) is 4.62. The highest BCUT2D eigenvalue weighted by Gasteiger charge is 1.92. The van der Waals surface area contributed by atoms with E-state index in [0.29, 0.717) is 0 Å². The highest BCUT2D eigenvalue weighted by molar-refractivity contribution is 6.30. The van der Waals surface area contributed by atoms with E-state index in [9.17, 15) is 0 Å². The van der Waals surface area contributed by atoms with Crippen molar-refractivity contribution in [2.45, 2.75) is 0 Å². The van der Waals surface area contributed by atoms with Crippen molar-refractivity contribution in [3.8, 4) is 12.1 Å². The number of rotatable bonds is 0. The molecule has 5 nitrogen and oxygen atoms in total. The smallest absolute Gasteiger partial charge is 0.402 e. The zero-order valence-corrected chi connectivity index (χ0v) is 3.81. The third-order valence-electron chi connectivity index (χ3n) is 0.0500. The van der Waals surface area contributed by atoms with Crippen LogP contribution in [-0.4, -0.2) is 22.4 Å². The number of hydrogen-bond donors (Lipinski definition) is 3. The summed E-state index contributed by atoms with van der Waals surface area (Å²) in [4.78, 5) is 0. The zero-order chi connectivity index (χ0) is 6.99. The van der Waals surface area contributed by atoms with Gasteiger partial charge >= 0.3 is 7.32 Å². The van der Waals surface area contributed by atoms with Crippen molar-refractivity contribution in [1.82, 2.24) is 0 Å². The first-order valence-electron chi connectivity index (χ1n) is 1.47. The third-order valence-corrected chi connectivity index (χ3v) is 0.0500. The van der Waals surface area contributed by atoms with Gasteiger partial charge in [-0.25, -0.2) is 0 Å². The van der Waals surface area contributed by atoms with Gasteiger partial charge in [0.25, 0.3) is 0 Å². The first-order chi connectivity index (χ1) is 3.65. The molecule has 6 heteroatoms. The Hall–Kier alpha value is -1.08. The second-order valence-electron chi connectivity index (χ2n) is 0.570. The van der Waals surface area contributed by atoms with E-state index in [1.165, 1.54) is 12.1 Å². The molecule has 0 rings (SSSR count). The van der Waals surface area contributed by atoms with E-state index >= 15 is 0 Å². The van der Waals surface area contributed by atoms with E-state index in [1.54, 1.807) is 0 Å². The van der Waals surface area contributed by atoms with Crippen LogP contribution in [0, 0.1) is 22.7 Å². The van der Waals surface area contributed by atoms with Gasteiger partial charge in [0, 0.05) is 0 Å². The minimum atomic E-state index is -2.17. The van der Waals surface area contributed by atoms with Crippen LogP contribution in [-0.2, 0) is 0 Å². The number of nitrogens with zero attached hydrogens (tertiary/aromatic N) is 2. The van der Waals surface area contributed by atoms with Gasteiger partial charge in [-0.3, -0.25) is 0 Å². The van der Waals surface area contributed by atoms with E-state index in [2.05, 4.69) is 0 Å². The largest absolute Gasteiger partial charge is 0.631 e. The molecule has 42 valence electrons. The first-order valence-corrected chi connectivity index (χ1v) is 1.47. The second-order valence-corrected chi connectivity index (χ2v) is 0.570. The molecule has 0 unspecified atom stereocenters. The van der Waals surface area contributed by atoms with Gasteiger partial charge in [-0.05, 0) is 0 Å². The lowest BCUT2D eigenvalue weighted by atomic mass is 10.3. The Morgan fingerprint density at radius 3 is 1.12 bits per heavy atom. The molecule has 0 amide bonds.